The summed E-state index contributed by atoms with van der Waals surface area (Å²) in [6.07, 6.45) is 6.41. The number of hydrogen-bond acceptors (Lipinski definition) is 5. The number of sulfonamides is 1. The first-order valence-corrected chi connectivity index (χ1v) is 12.0. The van der Waals surface area contributed by atoms with Crippen LogP contribution in [-0.4, -0.2) is 53.8 Å². The van der Waals surface area contributed by atoms with Gasteiger partial charge in [-0.25, -0.2) is 13.1 Å². The average molecular weight is 545 g/mol. The molecule has 10 heteroatoms. The second-order valence-corrected chi connectivity index (χ2v) is 9.52. The van der Waals surface area contributed by atoms with Crippen LogP contribution in [0.5, 0.6) is 0 Å². The van der Waals surface area contributed by atoms with Crippen LogP contribution >= 0.6 is 35.3 Å². The summed E-state index contributed by atoms with van der Waals surface area (Å²) < 4.78 is 33.0. The van der Waals surface area contributed by atoms with E-state index in [9.17, 15) is 8.42 Å². The van der Waals surface area contributed by atoms with Crippen LogP contribution in [0.25, 0.3) is 0 Å². The molecule has 0 aliphatic heterocycles. The first kappa shape index (κ1) is 25.6. The molecule has 1 fully saturated rings. The number of aliphatic imine (C=N–C) groups is 1. The Balaban J connectivity index is 0.00000392. The summed E-state index contributed by atoms with van der Waals surface area (Å²) in [5.41, 5.74) is 0. The van der Waals surface area contributed by atoms with Crippen LogP contribution in [-0.2, 0) is 14.8 Å². The van der Waals surface area contributed by atoms with Crippen molar-refractivity contribution in [2.75, 3.05) is 33.3 Å². The molecule has 1 aromatic heterocycles. The van der Waals surface area contributed by atoms with Crippen LogP contribution in [0.15, 0.2) is 26.7 Å². The molecule has 0 amide bonds. The summed E-state index contributed by atoms with van der Waals surface area (Å²) in [6.45, 7) is 4.33. The van der Waals surface area contributed by atoms with E-state index in [0.29, 0.717) is 35.3 Å². The van der Waals surface area contributed by atoms with Crippen molar-refractivity contribution < 1.29 is 13.2 Å². The first-order chi connectivity index (χ1) is 13.1. The van der Waals surface area contributed by atoms with Crippen molar-refractivity contribution in [2.24, 2.45) is 10.9 Å². The fourth-order valence-corrected chi connectivity index (χ4v) is 5.47. The van der Waals surface area contributed by atoms with E-state index in [2.05, 4.69) is 20.3 Å². The quantitative estimate of drug-likeness (QED) is 0.173. The summed E-state index contributed by atoms with van der Waals surface area (Å²) >= 11 is 1.21. The van der Waals surface area contributed by atoms with E-state index >= 15 is 0 Å². The van der Waals surface area contributed by atoms with Gasteiger partial charge in [0.05, 0.1) is 6.10 Å². The van der Waals surface area contributed by atoms with Gasteiger partial charge in [0.1, 0.15) is 4.21 Å². The molecular formula is C18H33IN4O3S2. The fourth-order valence-electron chi connectivity index (χ4n) is 3.41. The number of guanidine groups is 1. The second kappa shape index (κ2) is 13.7. The molecule has 162 valence electrons. The summed E-state index contributed by atoms with van der Waals surface area (Å²) in [5.74, 6) is 1.35. The lowest BCUT2D eigenvalue weighted by molar-refractivity contribution is 0.0169. The van der Waals surface area contributed by atoms with Crippen molar-refractivity contribution in [1.82, 2.24) is 15.4 Å². The molecule has 0 aromatic carbocycles. The molecule has 1 heterocycles. The Morgan fingerprint density at radius 1 is 1.29 bits per heavy atom. The highest BCUT2D eigenvalue weighted by Gasteiger charge is 2.25. The molecular weight excluding hydrogens is 511 g/mol. The third kappa shape index (κ3) is 8.52. The van der Waals surface area contributed by atoms with E-state index in [4.69, 9.17) is 4.74 Å². The van der Waals surface area contributed by atoms with Crippen molar-refractivity contribution in [3.63, 3.8) is 0 Å². The highest BCUT2D eigenvalue weighted by Crippen LogP contribution is 2.30. The molecule has 3 N–H and O–H groups in total. The number of rotatable bonds is 11. The van der Waals surface area contributed by atoms with Crippen LogP contribution in [0.2, 0.25) is 0 Å². The monoisotopic (exact) mass is 544 g/mol. The second-order valence-electron chi connectivity index (χ2n) is 6.58. The molecule has 28 heavy (non-hydrogen) atoms. The molecule has 1 atom stereocenters. The van der Waals surface area contributed by atoms with Crippen molar-refractivity contribution in [2.45, 2.75) is 49.3 Å². The largest absolute Gasteiger partial charge is 0.378 e. The molecule has 2 rings (SSSR count). The van der Waals surface area contributed by atoms with E-state index in [-0.39, 0.29) is 24.0 Å². The van der Waals surface area contributed by atoms with Gasteiger partial charge in [-0.15, -0.1) is 35.3 Å². The maximum Gasteiger partial charge on any atom is 0.250 e. The zero-order valence-corrected chi connectivity index (χ0v) is 20.6. The Hall–Kier alpha value is -0.430. The van der Waals surface area contributed by atoms with E-state index < -0.39 is 10.0 Å². The van der Waals surface area contributed by atoms with Crippen molar-refractivity contribution in [3.05, 3.63) is 17.5 Å². The minimum absolute atomic E-state index is 0. The van der Waals surface area contributed by atoms with E-state index in [1.165, 1.54) is 37.0 Å². The molecule has 7 nitrogen and oxygen atoms in total. The third-order valence-electron chi connectivity index (χ3n) is 4.72. The van der Waals surface area contributed by atoms with E-state index in [0.717, 1.165) is 19.6 Å². The van der Waals surface area contributed by atoms with Crippen molar-refractivity contribution in [3.8, 4) is 0 Å². The molecule has 0 bridgehead atoms. The number of nitrogens with zero attached hydrogens (tertiary/aromatic N) is 1. The topological polar surface area (TPSA) is 91.8 Å². The molecule has 0 spiro atoms. The maximum atomic E-state index is 12.1. The lowest BCUT2D eigenvalue weighted by atomic mass is 9.98. The Kier molecular flexibility index (Phi) is 12.6. The molecule has 0 radical (unpaired) electrons. The van der Waals surface area contributed by atoms with Gasteiger partial charge in [-0.2, -0.15) is 0 Å². The smallest absolute Gasteiger partial charge is 0.250 e. The summed E-state index contributed by atoms with van der Waals surface area (Å²) in [7, 11) is -1.70. The lowest BCUT2D eigenvalue weighted by Crippen LogP contribution is -2.42. The van der Waals surface area contributed by atoms with Crippen LogP contribution in [0.3, 0.4) is 0 Å². The predicted molar refractivity (Wildman–Crippen MR) is 126 cm³/mol. The van der Waals surface area contributed by atoms with Gasteiger partial charge in [0.15, 0.2) is 5.96 Å². The molecule has 1 saturated carbocycles. The SMILES string of the molecule is CCOC(CCNC(=NC)NCCNS(=O)(=O)c1cccs1)C1CCCC1.I. The lowest BCUT2D eigenvalue weighted by Gasteiger charge is -2.24. The van der Waals surface area contributed by atoms with Gasteiger partial charge in [-0.1, -0.05) is 18.9 Å². The van der Waals surface area contributed by atoms with Gasteiger partial charge in [-0.05, 0) is 43.6 Å². The molecule has 1 aliphatic rings. The molecule has 1 unspecified atom stereocenters. The van der Waals surface area contributed by atoms with Gasteiger partial charge in [0, 0.05) is 33.3 Å². The maximum absolute atomic E-state index is 12.1. The zero-order chi connectivity index (χ0) is 19.5. The van der Waals surface area contributed by atoms with Crippen molar-refractivity contribution in [1.29, 1.82) is 0 Å². The third-order valence-corrected chi connectivity index (χ3v) is 7.58. The summed E-state index contributed by atoms with van der Waals surface area (Å²) in [6, 6.07) is 3.32. The molecule has 1 aliphatic carbocycles. The van der Waals surface area contributed by atoms with Crippen LogP contribution in [0, 0.1) is 5.92 Å². The molecule has 0 saturated heterocycles. The van der Waals surface area contributed by atoms with E-state index in [1.807, 2.05) is 6.92 Å². The highest BCUT2D eigenvalue weighted by atomic mass is 127. The minimum Gasteiger partial charge on any atom is -0.378 e. The van der Waals surface area contributed by atoms with Gasteiger partial charge in [0.25, 0.3) is 0 Å². The van der Waals surface area contributed by atoms with Gasteiger partial charge in [-0.3, -0.25) is 4.99 Å². The van der Waals surface area contributed by atoms with Crippen molar-refractivity contribution >= 4 is 51.3 Å². The highest BCUT2D eigenvalue weighted by molar-refractivity contribution is 14.0. The predicted octanol–water partition coefficient (Wildman–Crippen LogP) is 2.79. The van der Waals surface area contributed by atoms with Gasteiger partial charge < -0.3 is 15.4 Å². The molecule has 1 aromatic rings. The fraction of sp³-hybridized carbons (Fsp3) is 0.722. The summed E-state index contributed by atoms with van der Waals surface area (Å²) in [4.78, 5) is 4.19. The van der Waals surface area contributed by atoms with Crippen LogP contribution < -0.4 is 15.4 Å². The standard InChI is InChI=1S/C18H32N4O3S2.HI/c1-3-25-16(15-7-4-5-8-15)10-11-20-18(19-2)21-12-13-22-27(23,24)17-9-6-14-26-17;/h6,9,14-16,22H,3-5,7-8,10-13H2,1-2H3,(H2,19,20,21);1H. The Morgan fingerprint density at radius 2 is 2.00 bits per heavy atom. The van der Waals surface area contributed by atoms with Gasteiger partial charge >= 0.3 is 0 Å². The normalized spacial score (nSPS) is 16.6. The number of halogens is 1. The Bertz CT molecular complexity index is 662. The van der Waals surface area contributed by atoms with Crippen LogP contribution in [0.4, 0.5) is 0 Å². The van der Waals surface area contributed by atoms with Gasteiger partial charge in [0.2, 0.25) is 10.0 Å². The van der Waals surface area contributed by atoms with Crippen LogP contribution in [0.1, 0.15) is 39.0 Å². The number of hydrogen-bond donors (Lipinski definition) is 3. The average Bonchev–Trinajstić information content (AvgIpc) is 3.37. The Morgan fingerprint density at radius 3 is 2.61 bits per heavy atom. The minimum atomic E-state index is -3.41. The zero-order valence-electron chi connectivity index (χ0n) is 16.6. The Labute approximate surface area is 190 Å². The number of ether oxygens (including phenoxy) is 1. The number of nitrogens with one attached hydrogen (secondary N) is 3. The number of thiophene rings is 1. The first-order valence-electron chi connectivity index (χ1n) is 9.66. The van der Waals surface area contributed by atoms with E-state index in [1.54, 1.807) is 24.6 Å². The summed E-state index contributed by atoms with van der Waals surface area (Å²) in [5, 5.41) is 8.18.